The maximum atomic E-state index is 6.02. The molecule has 0 amide bonds. The quantitative estimate of drug-likeness (QED) is 0.723. The summed E-state index contributed by atoms with van der Waals surface area (Å²) in [5.74, 6) is 1.68. The van der Waals surface area contributed by atoms with Crippen molar-refractivity contribution >= 4 is 5.69 Å². The van der Waals surface area contributed by atoms with Gasteiger partial charge in [0.05, 0.1) is 0 Å². The molecule has 0 heterocycles. The molecule has 1 aliphatic carbocycles. The summed E-state index contributed by atoms with van der Waals surface area (Å²) in [7, 11) is 0. The Bertz CT molecular complexity index is 311. The average molecular weight is 203 g/mol. The molecule has 2 N–H and O–H groups in total. The number of nitrogen functional groups attached to an aromatic ring is 1. The topological polar surface area (TPSA) is 26.0 Å². The van der Waals surface area contributed by atoms with E-state index in [9.17, 15) is 0 Å². The van der Waals surface area contributed by atoms with Crippen LogP contribution in [-0.2, 0) is 0 Å². The second-order valence-electron chi connectivity index (χ2n) is 4.75. The van der Waals surface area contributed by atoms with E-state index in [1.165, 1.54) is 37.7 Å². The highest BCUT2D eigenvalue weighted by atomic mass is 14.6. The fraction of sp³-hybridized carbons (Fsp3) is 0.571. The van der Waals surface area contributed by atoms with Crippen molar-refractivity contribution in [2.45, 2.75) is 44.9 Å². The van der Waals surface area contributed by atoms with Gasteiger partial charge in [-0.1, -0.05) is 31.5 Å². The van der Waals surface area contributed by atoms with E-state index in [1.807, 2.05) is 12.1 Å². The fourth-order valence-corrected chi connectivity index (χ4v) is 2.76. The summed E-state index contributed by atoms with van der Waals surface area (Å²) < 4.78 is 0. The monoisotopic (exact) mass is 203 g/mol. The zero-order valence-electron chi connectivity index (χ0n) is 9.58. The van der Waals surface area contributed by atoms with Crippen molar-refractivity contribution < 1.29 is 0 Å². The Morgan fingerprint density at radius 2 is 1.80 bits per heavy atom. The molecule has 0 unspecified atom stereocenters. The molecule has 0 atom stereocenters. The molecule has 1 heteroatoms. The van der Waals surface area contributed by atoms with Gasteiger partial charge in [-0.3, -0.25) is 0 Å². The predicted molar refractivity (Wildman–Crippen MR) is 65.8 cm³/mol. The largest absolute Gasteiger partial charge is 0.398 e. The molecule has 0 radical (unpaired) electrons. The van der Waals surface area contributed by atoms with Gasteiger partial charge in [0.15, 0.2) is 0 Å². The van der Waals surface area contributed by atoms with E-state index in [1.54, 1.807) is 0 Å². The van der Waals surface area contributed by atoms with E-state index in [0.29, 0.717) is 5.92 Å². The van der Waals surface area contributed by atoms with Crippen molar-refractivity contribution in [3.63, 3.8) is 0 Å². The van der Waals surface area contributed by atoms with Crippen molar-refractivity contribution in [1.29, 1.82) is 0 Å². The summed E-state index contributed by atoms with van der Waals surface area (Å²) in [4.78, 5) is 0. The summed E-state index contributed by atoms with van der Waals surface area (Å²) in [5, 5.41) is 0. The standard InChI is InChI=1S/C14H21N/c1-2-11-7-9-12(10-8-11)13-5-3-4-6-14(13)15/h3-6,11-12H,2,7-10,15H2,1H3. The van der Waals surface area contributed by atoms with Crippen LogP contribution in [0.4, 0.5) is 5.69 Å². The van der Waals surface area contributed by atoms with Gasteiger partial charge in [0.2, 0.25) is 0 Å². The third kappa shape index (κ3) is 2.34. The summed E-state index contributed by atoms with van der Waals surface area (Å²) in [6.45, 7) is 2.31. The molecule has 0 saturated heterocycles. The van der Waals surface area contributed by atoms with Gasteiger partial charge in [0, 0.05) is 5.69 Å². The molecule has 0 aromatic heterocycles. The van der Waals surface area contributed by atoms with E-state index >= 15 is 0 Å². The van der Waals surface area contributed by atoms with Crippen LogP contribution >= 0.6 is 0 Å². The lowest BCUT2D eigenvalue weighted by Gasteiger charge is -2.28. The van der Waals surface area contributed by atoms with Gasteiger partial charge >= 0.3 is 0 Å². The van der Waals surface area contributed by atoms with Gasteiger partial charge < -0.3 is 5.73 Å². The van der Waals surface area contributed by atoms with E-state index in [-0.39, 0.29) is 0 Å². The first-order valence-electron chi connectivity index (χ1n) is 6.15. The van der Waals surface area contributed by atoms with Crippen LogP contribution in [0.1, 0.15) is 50.5 Å². The number of hydrogen-bond donors (Lipinski definition) is 1. The van der Waals surface area contributed by atoms with Crippen LogP contribution in [0, 0.1) is 5.92 Å². The second-order valence-corrected chi connectivity index (χ2v) is 4.75. The Morgan fingerprint density at radius 3 is 2.40 bits per heavy atom. The highest BCUT2D eigenvalue weighted by Gasteiger charge is 2.22. The van der Waals surface area contributed by atoms with Crippen LogP contribution in [0.25, 0.3) is 0 Å². The van der Waals surface area contributed by atoms with Gasteiger partial charge in [0.1, 0.15) is 0 Å². The van der Waals surface area contributed by atoms with Gasteiger partial charge in [0.25, 0.3) is 0 Å². The molecular formula is C14H21N. The van der Waals surface area contributed by atoms with Crippen LogP contribution in [0.3, 0.4) is 0 Å². The smallest absolute Gasteiger partial charge is 0.0349 e. The molecule has 1 saturated carbocycles. The highest BCUT2D eigenvalue weighted by molar-refractivity contribution is 5.48. The third-order valence-corrected chi connectivity index (χ3v) is 3.86. The summed E-state index contributed by atoms with van der Waals surface area (Å²) in [5.41, 5.74) is 8.38. The lowest BCUT2D eigenvalue weighted by Crippen LogP contribution is -2.13. The Kier molecular flexibility index (Phi) is 3.30. The van der Waals surface area contributed by atoms with Crippen molar-refractivity contribution in [2.24, 2.45) is 5.92 Å². The Balaban J connectivity index is 2.04. The van der Waals surface area contributed by atoms with Crippen LogP contribution in [0.15, 0.2) is 24.3 Å². The first kappa shape index (κ1) is 10.5. The molecule has 1 aromatic rings. The molecule has 1 aromatic carbocycles. The Labute approximate surface area is 92.7 Å². The van der Waals surface area contributed by atoms with Crippen LogP contribution < -0.4 is 5.73 Å². The number of anilines is 1. The lowest BCUT2D eigenvalue weighted by molar-refractivity contribution is 0.319. The summed E-state index contributed by atoms with van der Waals surface area (Å²) >= 11 is 0. The minimum absolute atomic E-state index is 0.717. The Hall–Kier alpha value is -0.980. The van der Waals surface area contributed by atoms with Gasteiger partial charge in [-0.15, -0.1) is 0 Å². The third-order valence-electron chi connectivity index (χ3n) is 3.86. The van der Waals surface area contributed by atoms with Gasteiger partial charge in [-0.25, -0.2) is 0 Å². The molecule has 82 valence electrons. The Morgan fingerprint density at radius 1 is 1.13 bits per heavy atom. The first-order valence-corrected chi connectivity index (χ1v) is 6.15. The van der Waals surface area contributed by atoms with E-state index in [4.69, 9.17) is 5.73 Å². The number of hydrogen-bond acceptors (Lipinski definition) is 1. The lowest BCUT2D eigenvalue weighted by atomic mass is 9.77. The summed E-state index contributed by atoms with van der Waals surface area (Å²) in [6.07, 6.45) is 6.77. The van der Waals surface area contributed by atoms with E-state index < -0.39 is 0 Å². The first-order chi connectivity index (χ1) is 7.31. The minimum Gasteiger partial charge on any atom is -0.398 e. The van der Waals surface area contributed by atoms with E-state index in [2.05, 4.69) is 19.1 Å². The molecule has 0 spiro atoms. The van der Waals surface area contributed by atoms with Gasteiger partial charge in [-0.05, 0) is 49.1 Å². The zero-order valence-corrected chi connectivity index (χ0v) is 9.58. The molecule has 15 heavy (non-hydrogen) atoms. The number of nitrogens with two attached hydrogens (primary N) is 1. The van der Waals surface area contributed by atoms with Crippen LogP contribution in [-0.4, -0.2) is 0 Å². The van der Waals surface area contributed by atoms with E-state index in [0.717, 1.165) is 11.6 Å². The molecule has 1 aliphatic rings. The van der Waals surface area contributed by atoms with Crippen LogP contribution in [0.5, 0.6) is 0 Å². The molecule has 1 nitrogen and oxygen atoms in total. The molecular weight excluding hydrogens is 182 g/mol. The second kappa shape index (κ2) is 4.69. The van der Waals surface area contributed by atoms with Crippen molar-refractivity contribution in [1.82, 2.24) is 0 Å². The molecule has 0 aliphatic heterocycles. The average Bonchev–Trinajstić information content (AvgIpc) is 2.30. The minimum atomic E-state index is 0.717. The van der Waals surface area contributed by atoms with Crippen molar-refractivity contribution in [2.75, 3.05) is 5.73 Å². The van der Waals surface area contributed by atoms with Gasteiger partial charge in [-0.2, -0.15) is 0 Å². The maximum absolute atomic E-state index is 6.02. The number of para-hydroxylation sites is 1. The highest BCUT2D eigenvalue weighted by Crippen LogP contribution is 2.38. The van der Waals surface area contributed by atoms with Crippen molar-refractivity contribution in [3.8, 4) is 0 Å². The normalized spacial score (nSPS) is 26.5. The molecule has 1 fully saturated rings. The summed E-state index contributed by atoms with van der Waals surface area (Å²) in [6, 6.07) is 8.36. The SMILES string of the molecule is CCC1CCC(c2ccccc2N)CC1. The zero-order chi connectivity index (χ0) is 10.7. The molecule has 0 bridgehead atoms. The molecule has 2 rings (SSSR count). The maximum Gasteiger partial charge on any atom is 0.0349 e. The number of rotatable bonds is 2. The predicted octanol–water partition coefficient (Wildman–Crippen LogP) is 3.95. The fourth-order valence-electron chi connectivity index (χ4n) is 2.76. The van der Waals surface area contributed by atoms with Crippen molar-refractivity contribution in [3.05, 3.63) is 29.8 Å². The number of benzene rings is 1. The van der Waals surface area contributed by atoms with Crippen LogP contribution in [0.2, 0.25) is 0 Å².